The lowest BCUT2D eigenvalue weighted by Crippen LogP contribution is -2.20. The van der Waals surface area contributed by atoms with Gasteiger partial charge in [0.2, 0.25) is 0 Å². The Hall–Kier alpha value is -3.14. The summed E-state index contributed by atoms with van der Waals surface area (Å²) in [6, 6.07) is 7.77. The molecule has 0 amide bonds. The van der Waals surface area contributed by atoms with Gasteiger partial charge in [0.05, 0.1) is 0 Å². The van der Waals surface area contributed by atoms with Gasteiger partial charge in [-0.1, -0.05) is 37.9 Å². The molecule has 0 radical (unpaired) electrons. The van der Waals surface area contributed by atoms with Crippen molar-refractivity contribution in [1.29, 1.82) is 0 Å². The summed E-state index contributed by atoms with van der Waals surface area (Å²) in [5, 5.41) is 0. The first-order chi connectivity index (χ1) is 12.4. The lowest BCUT2D eigenvalue weighted by Gasteiger charge is -2.24. The fraction of sp³-hybridized carbons (Fsp3) is 0.182. The molecular formula is C22H25NO3. The molecule has 0 heterocycles. The largest absolute Gasteiger partial charge is 0.428 e. The predicted octanol–water partition coefficient (Wildman–Crippen LogP) is 4.51. The summed E-state index contributed by atoms with van der Waals surface area (Å²) in [5.74, 6) is -0.0439. The summed E-state index contributed by atoms with van der Waals surface area (Å²) in [4.78, 5) is 24.7. The van der Waals surface area contributed by atoms with Gasteiger partial charge < -0.3 is 9.64 Å². The van der Waals surface area contributed by atoms with Crippen molar-refractivity contribution in [1.82, 2.24) is 0 Å². The molecule has 0 bridgehead atoms. The van der Waals surface area contributed by atoms with Gasteiger partial charge in [-0.15, -0.1) is 0 Å². The first kappa shape index (κ1) is 20.9. The van der Waals surface area contributed by atoms with Crippen molar-refractivity contribution in [3.63, 3.8) is 0 Å². The summed E-state index contributed by atoms with van der Waals surface area (Å²) in [6.07, 6.45) is 8.05. The number of carbonyl (C=O) groups is 2. The third-order valence-electron chi connectivity index (χ3n) is 3.54. The van der Waals surface area contributed by atoms with Gasteiger partial charge in [0.1, 0.15) is 5.76 Å². The molecule has 0 saturated carbocycles. The van der Waals surface area contributed by atoms with Crippen LogP contribution < -0.4 is 4.90 Å². The van der Waals surface area contributed by atoms with Crippen LogP contribution in [0.4, 0.5) is 5.69 Å². The number of anilines is 1. The number of likely N-dealkylation sites (N-methyl/N-ethyl adjacent to an activating group) is 1. The normalized spacial score (nSPS) is 11.1. The molecule has 0 fully saturated rings. The van der Waals surface area contributed by atoms with Crippen LogP contribution in [-0.4, -0.2) is 18.3 Å². The van der Waals surface area contributed by atoms with Crippen molar-refractivity contribution in [2.24, 2.45) is 0 Å². The molecule has 1 aromatic carbocycles. The van der Waals surface area contributed by atoms with Gasteiger partial charge >= 0.3 is 5.97 Å². The highest BCUT2D eigenvalue weighted by atomic mass is 16.5. The van der Waals surface area contributed by atoms with Crippen LogP contribution in [0.25, 0.3) is 0 Å². The SMILES string of the molecule is C=CC(=O)Cc1cccc(N(CC)C(=C)/C=C\C=C(/C)OC(=O)C=C)c1. The fourth-order valence-corrected chi connectivity index (χ4v) is 2.28. The van der Waals surface area contributed by atoms with E-state index in [0.29, 0.717) is 12.2 Å². The zero-order valence-electron chi connectivity index (χ0n) is 15.4. The Bertz CT molecular complexity index is 756. The minimum atomic E-state index is -0.493. The molecule has 1 rings (SSSR count). The second kappa shape index (κ2) is 10.7. The lowest BCUT2D eigenvalue weighted by atomic mass is 10.1. The van der Waals surface area contributed by atoms with Crippen molar-refractivity contribution >= 4 is 17.4 Å². The maximum Gasteiger partial charge on any atom is 0.335 e. The van der Waals surface area contributed by atoms with E-state index in [1.807, 2.05) is 42.2 Å². The van der Waals surface area contributed by atoms with Crippen LogP contribution in [0, 0.1) is 0 Å². The smallest absolute Gasteiger partial charge is 0.335 e. The highest BCUT2D eigenvalue weighted by Gasteiger charge is 2.08. The van der Waals surface area contributed by atoms with Crippen molar-refractivity contribution < 1.29 is 14.3 Å². The molecule has 26 heavy (non-hydrogen) atoms. The van der Waals surface area contributed by atoms with E-state index in [2.05, 4.69) is 19.7 Å². The topological polar surface area (TPSA) is 46.6 Å². The number of allylic oxidation sites excluding steroid dienone is 5. The fourth-order valence-electron chi connectivity index (χ4n) is 2.28. The van der Waals surface area contributed by atoms with Crippen LogP contribution in [0.3, 0.4) is 0 Å². The van der Waals surface area contributed by atoms with Crippen molar-refractivity contribution in [2.45, 2.75) is 20.3 Å². The number of ketones is 1. The van der Waals surface area contributed by atoms with E-state index in [1.165, 1.54) is 6.08 Å². The van der Waals surface area contributed by atoms with Gasteiger partial charge in [0.15, 0.2) is 5.78 Å². The molecule has 136 valence electrons. The Labute approximate surface area is 155 Å². The number of hydrogen-bond donors (Lipinski definition) is 0. The van der Waals surface area contributed by atoms with Crippen LogP contribution in [0.15, 0.2) is 85.8 Å². The first-order valence-corrected chi connectivity index (χ1v) is 8.31. The van der Waals surface area contributed by atoms with Crippen LogP contribution in [0.5, 0.6) is 0 Å². The van der Waals surface area contributed by atoms with E-state index in [1.54, 1.807) is 19.1 Å². The van der Waals surface area contributed by atoms with Crippen LogP contribution in [0.2, 0.25) is 0 Å². The number of nitrogens with zero attached hydrogens (tertiary/aromatic N) is 1. The number of hydrogen-bond acceptors (Lipinski definition) is 4. The number of carbonyl (C=O) groups excluding carboxylic acids is 2. The number of ether oxygens (including phenoxy) is 1. The number of benzene rings is 1. The van der Waals surface area contributed by atoms with Crippen LogP contribution >= 0.6 is 0 Å². The van der Waals surface area contributed by atoms with Gasteiger partial charge in [-0.05, 0) is 49.8 Å². The van der Waals surface area contributed by atoms with E-state index in [0.717, 1.165) is 29.6 Å². The highest BCUT2D eigenvalue weighted by Crippen LogP contribution is 2.21. The highest BCUT2D eigenvalue weighted by molar-refractivity contribution is 5.91. The van der Waals surface area contributed by atoms with E-state index in [4.69, 9.17) is 4.74 Å². The summed E-state index contributed by atoms with van der Waals surface area (Å²) in [5.41, 5.74) is 2.66. The van der Waals surface area contributed by atoms with Crippen molar-refractivity contribution in [3.8, 4) is 0 Å². The lowest BCUT2D eigenvalue weighted by molar-refractivity contribution is -0.133. The average molecular weight is 351 g/mol. The maximum absolute atomic E-state index is 11.6. The Kier molecular flexibility index (Phi) is 8.58. The molecule has 0 atom stereocenters. The monoisotopic (exact) mass is 351 g/mol. The molecule has 4 nitrogen and oxygen atoms in total. The molecule has 0 spiro atoms. The van der Waals surface area contributed by atoms with Gasteiger partial charge in [-0.2, -0.15) is 0 Å². The molecule has 0 aromatic heterocycles. The third kappa shape index (κ3) is 6.77. The van der Waals surface area contributed by atoms with Gasteiger partial charge in [-0.3, -0.25) is 4.79 Å². The molecule has 0 saturated heterocycles. The summed E-state index contributed by atoms with van der Waals surface area (Å²) < 4.78 is 4.99. The van der Waals surface area contributed by atoms with Crippen LogP contribution in [0.1, 0.15) is 19.4 Å². The Balaban J connectivity index is 2.87. The Morgan fingerprint density at radius 1 is 1.23 bits per heavy atom. The summed E-state index contributed by atoms with van der Waals surface area (Å²) in [6.45, 7) is 15.4. The van der Waals surface area contributed by atoms with E-state index >= 15 is 0 Å². The average Bonchev–Trinajstić information content (AvgIpc) is 2.62. The third-order valence-corrected chi connectivity index (χ3v) is 3.54. The Morgan fingerprint density at radius 3 is 2.58 bits per heavy atom. The molecule has 0 aliphatic rings. The van der Waals surface area contributed by atoms with E-state index < -0.39 is 5.97 Å². The van der Waals surface area contributed by atoms with E-state index in [9.17, 15) is 9.59 Å². The number of rotatable bonds is 10. The zero-order valence-corrected chi connectivity index (χ0v) is 15.4. The molecule has 0 aliphatic carbocycles. The quantitative estimate of drug-likeness (QED) is 0.269. The zero-order chi connectivity index (χ0) is 19.5. The van der Waals surface area contributed by atoms with Crippen molar-refractivity contribution in [3.05, 3.63) is 91.4 Å². The molecule has 1 aromatic rings. The van der Waals surface area contributed by atoms with Crippen molar-refractivity contribution in [2.75, 3.05) is 11.4 Å². The predicted molar refractivity (Wildman–Crippen MR) is 107 cm³/mol. The second-order valence-corrected chi connectivity index (χ2v) is 5.51. The minimum Gasteiger partial charge on any atom is -0.428 e. The first-order valence-electron chi connectivity index (χ1n) is 8.31. The molecular weight excluding hydrogens is 326 g/mol. The van der Waals surface area contributed by atoms with E-state index in [-0.39, 0.29) is 5.78 Å². The maximum atomic E-state index is 11.6. The van der Waals surface area contributed by atoms with Gasteiger partial charge in [0, 0.05) is 30.4 Å². The van der Waals surface area contributed by atoms with Gasteiger partial charge in [-0.25, -0.2) is 4.79 Å². The number of esters is 1. The molecule has 0 unspecified atom stereocenters. The molecule has 4 heteroatoms. The van der Waals surface area contributed by atoms with Gasteiger partial charge in [0.25, 0.3) is 0 Å². The second-order valence-electron chi connectivity index (χ2n) is 5.51. The summed E-state index contributed by atoms with van der Waals surface area (Å²) >= 11 is 0. The standard InChI is InChI=1S/C22H25NO3/c1-6-21(24)16-19-13-10-14-20(15-19)23(8-3)17(4)11-9-12-18(5)26-22(25)7-2/h6-7,9-15H,1-2,4,8,16H2,3,5H3/b11-9-,18-12+. The molecule has 0 aliphatic heterocycles. The molecule has 0 N–H and O–H groups in total. The summed E-state index contributed by atoms with van der Waals surface area (Å²) in [7, 11) is 0. The Morgan fingerprint density at radius 2 is 1.96 bits per heavy atom. The minimum absolute atomic E-state index is 0.0152. The van der Waals surface area contributed by atoms with Crippen LogP contribution in [-0.2, 0) is 20.7 Å².